The number of carbonyl (C=O) groups excluding carboxylic acids is 1. The molecule has 1 aliphatic heterocycles. The van der Waals surface area contributed by atoms with Crippen LogP contribution in [0.5, 0.6) is 0 Å². The normalized spacial score (nSPS) is 33.7. The summed E-state index contributed by atoms with van der Waals surface area (Å²) >= 11 is 1.99. The third-order valence-electron chi connectivity index (χ3n) is 5.43. The number of hydrogen-bond acceptors (Lipinski definition) is 3. The van der Waals surface area contributed by atoms with Gasteiger partial charge >= 0.3 is 0 Å². The Hall–Kier alpha value is -0.220. The molecule has 21 heavy (non-hydrogen) atoms. The highest BCUT2D eigenvalue weighted by molar-refractivity contribution is 7.99. The molecule has 1 unspecified atom stereocenters. The first kappa shape index (κ1) is 15.7. The second kappa shape index (κ2) is 7.36. The predicted molar refractivity (Wildman–Crippen MR) is 89.6 cm³/mol. The minimum atomic E-state index is 0.407. The predicted octanol–water partition coefficient (Wildman–Crippen LogP) is 3.04. The molecule has 4 heteroatoms. The number of nitrogens with zero attached hydrogens (tertiary/aromatic N) is 1. The van der Waals surface area contributed by atoms with Crippen molar-refractivity contribution in [3.8, 4) is 0 Å². The van der Waals surface area contributed by atoms with Crippen LogP contribution >= 0.6 is 11.8 Å². The van der Waals surface area contributed by atoms with Gasteiger partial charge in [0, 0.05) is 42.6 Å². The van der Waals surface area contributed by atoms with Crippen molar-refractivity contribution in [1.82, 2.24) is 10.2 Å². The molecular weight excluding hydrogens is 280 g/mol. The average Bonchev–Trinajstić information content (AvgIpc) is 3.34. The number of hydrogen-bond donors (Lipinski definition) is 1. The van der Waals surface area contributed by atoms with E-state index in [2.05, 4.69) is 17.1 Å². The van der Waals surface area contributed by atoms with E-state index in [1.54, 1.807) is 0 Å². The lowest BCUT2D eigenvalue weighted by Gasteiger charge is -2.38. The van der Waals surface area contributed by atoms with Crippen LogP contribution in [0.1, 0.15) is 58.3 Å². The molecule has 120 valence electrons. The zero-order valence-electron chi connectivity index (χ0n) is 13.4. The summed E-state index contributed by atoms with van der Waals surface area (Å²) in [4.78, 5) is 15.1. The fourth-order valence-corrected chi connectivity index (χ4v) is 4.91. The van der Waals surface area contributed by atoms with E-state index < -0.39 is 0 Å². The van der Waals surface area contributed by atoms with E-state index >= 15 is 0 Å². The molecule has 1 N–H and O–H groups in total. The second-order valence-corrected chi connectivity index (χ2v) is 8.19. The van der Waals surface area contributed by atoms with Crippen molar-refractivity contribution >= 4 is 17.7 Å². The number of rotatable bonds is 5. The van der Waals surface area contributed by atoms with Gasteiger partial charge in [-0.3, -0.25) is 4.79 Å². The molecule has 0 spiro atoms. The topological polar surface area (TPSA) is 32.3 Å². The smallest absolute Gasteiger partial charge is 0.224 e. The molecule has 0 bridgehead atoms. The molecule has 1 saturated heterocycles. The summed E-state index contributed by atoms with van der Waals surface area (Å²) in [6.45, 7) is 3.37. The van der Waals surface area contributed by atoms with Gasteiger partial charge in [0.2, 0.25) is 5.91 Å². The molecule has 3 aliphatic rings. The van der Waals surface area contributed by atoms with Crippen LogP contribution in [0, 0.1) is 5.92 Å². The maximum atomic E-state index is 12.8. The maximum Gasteiger partial charge on any atom is 0.224 e. The minimum Gasteiger partial charge on any atom is -0.337 e. The second-order valence-electron chi connectivity index (χ2n) is 7.05. The summed E-state index contributed by atoms with van der Waals surface area (Å²) in [6, 6.07) is 1.53. The van der Waals surface area contributed by atoms with Crippen LogP contribution in [0.3, 0.4) is 0 Å². The summed E-state index contributed by atoms with van der Waals surface area (Å²) in [5.74, 6) is 3.64. The van der Waals surface area contributed by atoms with E-state index in [1.807, 2.05) is 11.8 Å². The largest absolute Gasteiger partial charge is 0.337 e. The summed E-state index contributed by atoms with van der Waals surface area (Å²) in [5, 5.41) is 3.51. The Labute approximate surface area is 133 Å². The van der Waals surface area contributed by atoms with Crippen LogP contribution in [0.15, 0.2) is 0 Å². The summed E-state index contributed by atoms with van der Waals surface area (Å²) < 4.78 is 0. The number of nitrogens with one attached hydrogen (secondary N) is 1. The fourth-order valence-electron chi connectivity index (χ4n) is 3.96. The molecule has 3 nitrogen and oxygen atoms in total. The summed E-state index contributed by atoms with van der Waals surface area (Å²) in [7, 11) is 0. The van der Waals surface area contributed by atoms with E-state index in [0.29, 0.717) is 24.0 Å². The third kappa shape index (κ3) is 4.16. The van der Waals surface area contributed by atoms with Gasteiger partial charge in [-0.05, 0) is 44.4 Å². The standard InChI is InChI=1S/C17H30N2OS/c1-2-13-3-5-15(6-4-13)19(16-7-8-16)17(20)11-14-12-21-10-9-18-14/h13-16,18H,2-12H2,1H3. The van der Waals surface area contributed by atoms with Crippen LogP contribution in [0.2, 0.25) is 0 Å². The van der Waals surface area contributed by atoms with E-state index in [1.165, 1.54) is 50.7 Å². The van der Waals surface area contributed by atoms with Crippen molar-refractivity contribution in [3.05, 3.63) is 0 Å². The van der Waals surface area contributed by atoms with Gasteiger partial charge in [-0.25, -0.2) is 0 Å². The van der Waals surface area contributed by atoms with Crippen molar-refractivity contribution < 1.29 is 4.79 Å². The van der Waals surface area contributed by atoms with Gasteiger partial charge in [0.05, 0.1) is 0 Å². The van der Waals surface area contributed by atoms with Gasteiger partial charge in [0.25, 0.3) is 0 Å². The monoisotopic (exact) mass is 310 g/mol. The quantitative estimate of drug-likeness (QED) is 0.847. The zero-order chi connectivity index (χ0) is 14.7. The highest BCUT2D eigenvalue weighted by atomic mass is 32.2. The van der Waals surface area contributed by atoms with Crippen molar-refractivity contribution in [2.45, 2.75) is 76.4 Å². The molecular formula is C17H30N2OS. The summed E-state index contributed by atoms with van der Waals surface area (Å²) in [6.07, 6.45) is 9.66. The molecule has 2 aliphatic carbocycles. The van der Waals surface area contributed by atoms with Crippen LogP contribution in [0.4, 0.5) is 0 Å². The lowest BCUT2D eigenvalue weighted by molar-refractivity contribution is -0.135. The Morgan fingerprint density at radius 1 is 1.14 bits per heavy atom. The molecule has 3 fully saturated rings. The Bertz CT molecular complexity index is 345. The Morgan fingerprint density at radius 2 is 1.81 bits per heavy atom. The highest BCUT2D eigenvalue weighted by Gasteiger charge is 2.39. The Morgan fingerprint density at radius 3 is 2.33 bits per heavy atom. The van der Waals surface area contributed by atoms with Crippen molar-refractivity contribution in [3.63, 3.8) is 0 Å². The van der Waals surface area contributed by atoms with Crippen LogP contribution in [0.25, 0.3) is 0 Å². The average molecular weight is 311 g/mol. The van der Waals surface area contributed by atoms with Crippen LogP contribution < -0.4 is 5.32 Å². The number of carbonyl (C=O) groups is 1. The molecule has 3 rings (SSSR count). The number of thioether (sulfide) groups is 1. The first-order valence-corrected chi connectivity index (χ1v) is 10.1. The first-order chi connectivity index (χ1) is 10.3. The number of amides is 1. The molecule has 0 radical (unpaired) electrons. The lowest BCUT2D eigenvalue weighted by Crippen LogP contribution is -2.47. The molecule has 0 aromatic carbocycles. The molecule has 1 atom stereocenters. The Kier molecular flexibility index (Phi) is 5.49. The third-order valence-corrected chi connectivity index (χ3v) is 6.57. The first-order valence-electron chi connectivity index (χ1n) is 8.90. The van der Waals surface area contributed by atoms with Crippen LogP contribution in [-0.2, 0) is 4.79 Å². The maximum absolute atomic E-state index is 12.8. The van der Waals surface area contributed by atoms with E-state index in [-0.39, 0.29) is 0 Å². The molecule has 2 saturated carbocycles. The van der Waals surface area contributed by atoms with Crippen LogP contribution in [-0.4, -0.2) is 47.0 Å². The molecule has 1 amide bonds. The van der Waals surface area contributed by atoms with Gasteiger partial charge in [-0.2, -0.15) is 11.8 Å². The van der Waals surface area contributed by atoms with E-state index in [9.17, 15) is 4.79 Å². The SMILES string of the molecule is CCC1CCC(N(C(=O)CC2CSCCN2)C2CC2)CC1. The minimum absolute atomic E-state index is 0.407. The Balaban J connectivity index is 1.55. The van der Waals surface area contributed by atoms with Crippen molar-refractivity contribution in [2.75, 3.05) is 18.1 Å². The van der Waals surface area contributed by atoms with Crippen molar-refractivity contribution in [2.24, 2.45) is 5.92 Å². The van der Waals surface area contributed by atoms with Gasteiger partial charge in [-0.1, -0.05) is 13.3 Å². The van der Waals surface area contributed by atoms with E-state index in [0.717, 1.165) is 24.6 Å². The van der Waals surface area contributed by atoms with Gasteiger partial charge in [0.15, 0.2) is 0 Å². The van der Waals surface area contributed by atoms with Crippen molar-refractivity contribution in [1.29, 1.82) is 0 Å². The van der Waals surface area contributed by atoms with Gasteiger partial charge in [0.1, 0.15) is 0 Å². The summed E-state index contributed by atoms with van der Waals surface area (Å²) in [5.41, 5.74) is 0. The highest BCUT2D eigenvalue weighted by Crippen LogP contribution is 2.36. The molecule has 0 aromatic rings. The van der Waals surface area contributed by atoms with Gasteiger partial charge < -0.3 is 10.2 Å². The fraction of sp³-hybridized carbons (Fsp3) is 0.941. The molecule has 0 aromatic heterocycles. The molecule has 1 heterocycles. The van der Waals surface area contributed by atoms with E-state index in [4.69, 9.17) is 0 Å². The van der Waals surface area contributed by atoms with Gasteiger partial charge in [-0.15, -0.1) is 0 Å². The lowest BCUT2D eigenvalue weighted by atomic mass is 9.83. The zero-order valence-corrected chi connectivity index (χ0v) is 14.2.